The number of likely N-dealkylation sites (tertiary alicyclic amines) is 1. The van der Waals surface area contributed by atoms with Crippen LogP contribution < -0.4 is 11.2 Å². The number of primary amides is 1. The van der Waals surface area contributed by atoms with Crippen molar-refractivity contribution in [3.63, 3.8) is 0 Å². The van der Waals surface area contributed by atoms with Crippen molar-refractivity contribution >= 4 is 16.8 Å². The van der Waals surface area contributed by atoms with Crippen molar-refractivity contribution in [1.29, 1.82) is 0 Å². The molecule has 3 aromatic rings. The Hall–Kier alpha value is -2.86. The Labute approximate surface area is 144 Å². The van der Waals surface area contributed by atoms with Gasteiger partial charge in [0, 0.05) is 34.8 Å². The van der Waals surface area contributed by atoms with Gasteiger partial charge in [-0.1, -0.05) is 0 Å². The van der Waals surface area contributed by atoms with Crippen LogP contribution >= 0.6 is 0 Å². The number of rotatable bonds is 4. The van der Waals surface area contributed by atoms with Crippen molar-refractivity contribution in [3.05, 3.63) is 69.9 Å². The van der Waals surface area contributed by atoms with Crippen LogP contribution in [0.1, 0.15) is 40.7 Å². The molecule has 1 aromatic carbocycles. The number of aromatic amines is 1. The number of pyridine rings is 1. The molecule has 4 rings (SSSR count). The summed E-state index contributed by atoms with van der Waals surface area (Å²) in [5.74, 6) is 0.426. The van der Waals surface area contributed by atoms with E-state index in [2.05, 4.69) is 9.88 Å². The van der Waals surface area contributed by atoms with Crippen molar-refractivity contribution in [3.8, 4) is 0 Å². The molecule has 1 fully saturated rings. The molecule has 3 heterocycles. The molecule has 2 aromatic heterocycles. The van der Waals surface area contributed by atoms with Crippen LogP contribution in [0, 0.1) is 0 Å². The van der Waals surface area contributed by atoms with Crippen molar-refractivity contribution < 1.29 is 9.21 Å². The first-order valence-electron chi connectivity index (χ1n) is 8.35. The van der Waals surface area contributed by atoms with Gasteiger partial charge in [0.05, 0.1) is 12.3 Å². The number of nitrogens with zero attached hydrogens (tertiary/aromatic N) is 1. The van der Waals surface area contributed by atoms with E-state index in [0.717, 1.165) is 30.8 Å². The number of fused-ring (bicyclic) bond motifs is 1. The summed E-state index contributed by atoms with van der Waals surface area (Å²) in [6.45, 7) is 1.61. The molecule has 6 heteroatoms. The minimum atomic E-state index is -0.538. The quantitative estimate of drug-likeness (QED) is 0.765. The topological polar surface area (TPSA) is 92.3 Å². The van der Waals surface area contributed by atoms with Crippen LogP contribution in [0.4, 0.5) is 0 Å². The van der Waals surface area contributed by atoms with Gasteiger partial charge in [0.15, 0.2) is 5.43 Å². The van der Waals surface area contributed by atoms with Crippen LogP contribution in [0.25, 0.3) is 10.9 Å². The SMILES string of the molecule is NC(=O)c1ccc2[nH]c(CN3CCC[C@@H]3c3ccco3)cc(=O)c2c1. The first-order chi connectivity index (χ1) is 12.1. The summed E-state index contributed by atoms with van der Waals surface area (Å²) in [5, 5.41) is 0.476. The lowest BCUT2D eigenvalue weighted by atomic mass is 10.1. The van der Waals surface area contributed by atoms with E-state index in [1.807, 2.05) is 12.1 Å². The Balaban J connectivity index is 1.65. The highest BCUT2D eigenvalue weighted by molar-refractivity contribution is 5.96. The second kappa shape index (κ2) is 6.22. The fraction of sp³-hybridized carbons (Fsp3) is 0.263. The summed E-state index contributed by atoms with van der Waals surface area (Å²) in [6.07, 6.45) is 3.85. The maximum absolute atomic E-state index is 12.4. The predicted molar refractivity (Wildman–Crippen MR) is 94.2 cm³/mol. The van der Waals surface area contributed by atoms with Gasteiger partial charge in [-0.05, 0) is 49.7 Å². The average molecular weight is 337 g/mol. The van der Waals surface area contributed by atoms with Gasteiger partial charge in [-0.3, -0.25) is 14.5 Å². The van der Waals surface area contributed by atoms with E-state index in [-0.39, 0.29) is 11.5 Å². The lowest BCUT2D eigenvalue weighted by Crippen LogP contribution is -2.24. The largest absolute Gasteiger partial charge is 0.468 e. The van der Waals surface area contributed by atoms with Crippen LogP contribution in [0.3, 0.4) is 0 Å². The van der Waals surface area contributed by atoms with Crippen molar-refractivity contribution in [2.45, 2.75) is 25.4 Å². The molecule has 128 valence electrons. The number of benzene rings is 1. The van der Waals surface area contributed by atoms with E-state index in [1.165, 1.54) is 0 Å². The van der Waals surface area contributed by atoms with E-state index in [1.54, 1.807) is 30.5 Å². The van der Waals surface area contributed by atoms with Gasteiger partial charge in [-0.15, -0.1) is 0 Å². The molecule has 0 bridgehead atoms. The van der Waals surface area contributed by atoms with Gasteiger partial charge in [0.1, 0.15) is 5.76 Å². The monoisotopic (exact) mass is 337 g/mol. The molecular weight excluding hydrogens is 318 g/mol. The predicted octanol–water partition coefficient (Wildman–Crippen LogP) is 2.56. The number of carbonyl (C=O) groups is 1. The summed E-state index contributed by atoms with van der Waals surface area (Å²) in [5.41, 5.74) is 7.07. The molecule has 3 N–H and O–H groups in total. The van der Waals surface area contributed by atoms with Crippen LogP contribution in [-0.4, -0.2) is 22.3 Å². The molecule has 0 saturated carbocycles. The summed E-state index contributed by atoms with van der Waals surface area (Å²) >= 11 is 0. The zero-order valence-electron chi connectivity index (χ0n) is 13.7. The van der Waals surface area contributed by atoms with Gasteiger partial charge in [0.25, 0.3) is 0 Å². The van der Waals surface area contributed by atoms with Gasteiger partial charge in [-0.25, -0.2) is 0 Å². The summed E-state index contributed by atoms with van der Waals surface area (Å²) in [4.78, 5) is 29.4. The molecule has 0 radical (unpaired) electrons. The van der Waals surface area contributed by atoms with Crippen LogP contribution in [0.2, 0.25) is 0 Å². The molecule has 0 spiro atoms. The van der Waals surface area contributed by atoms with E-state index >= 15 is 0 Å². The third kappa shape index (κ3) is 2.96. The van der Waals surface area contributed by atoms with Gasteiger partial charge in [0.2, 0.25) is 5.91 Å². The number of amides is 1. The second-order valence-corrected chi connectivity index (χ2v) is 6.43. The minimum Gasteiger partial charge on any atom is -0.468 e. The highest BCUT2D eigenvalue weighted by atomic mass is 16.3. The highest BCUT2D eigenvalue weighted by Crippen LogP contribution is 2.33. The Morgan fingerprint density at radius 2 is 2.20 bits per heavy atom. The molecule has 6 nitrogen and oxygen atoms in total. The molecule has 0 unspecified atom stereocenters. The Kier molecular flexibility index (Phi) is 3.89. The molecule has 25 heavy (non-hydrogen) atoms. The van der Waals surface area contributed by atoms with Gasteiger partial charge >= 0.3 is 0 Å². The molecule has 1 aliphatic rings. The lowest BCUT2D eigenvalue weighted by Gasteiger charge is -2.22. The number of H-pyrrole nitrogens is 1. The number of carbonyl (C=O) groups excluding carboxylic acids is 1. The van der Waals surface area contributed by atoms with E-state index in [4.69, 9.17) is 10.2 Å². The fourth-order valence-electron chi connectivity index (χ4n) is 3.58. The van der Waals surface area contributed by atoms with Gasteiger partial charge < -0.3 is 15.1 Å². The molecule has 1 atom stereocenters. The fourth-order valence-corrected chi connectivity index (χ4v) is 3.58. The first kappa shape index (κ1) is 15.7. The Morgan fingerprint density at radius 3 is 2.96 bits per heavy atom. The highest BCUT2D eigenvalue weighted by Gasteiger charge is 2.28. The van der Waals surface area contributed by atoms with Crippen LogP contribution in [0.5, 0.6) is 0 Å². The third-order valence-corrected chi connectivity index (χ3v) is 4.78. The maximum Gasteiger partial charge on any atom is 0.248 e. The normalized spacial score (nSPS) is 18.0. The zero-order valence-corrected chi connectivity index (χ0v) is 13.7. The maximum atomic E-state index is 12.4. The van der Waals surface area contributed by atoms with Crippen molar-refractivity contribution in [2.75, 3.05) is 6.54 Å². The number of nitrogens with one attached hydrogen (secondary N) is 1. The Bertz CT molecular complexity index is 975. The number of hydrogen-bond acceptors (Lipinski definition) is 4. The van der Waals surface area contributed by atoms with E-state index in [9.17, 15) is 9.59 Å². The second-order valence-electron chi connectivity index (χ2n) is 6.43. The third-order valence-electron chi connectivity index (χ3n) is 4.78. The lowest BCUT2D eigenvalue weighted by molar-refractivity contribution is 0.100. The van der Waals surface area contributed by atoms with E-state index in [0.29, 0.717) is 23.0 Å². The standard InChI is InChI=1S/C19H19N3O3/c20-19(24)12-5-6-15-14(9-12)17(23)10-13(21-15)11-22-7-1-3-16(22)18-4-2-8-25-18/h2,4-6,8-10,16H,1,3,7,11H2,(H2,20,24)(H,21,23)/t16-/m1/s1. The molecular formula is C19H19N3O3. The smallest absolute Gasteiger partial charge is 0.248 e. The van der Waals surface area contributed by atoms with E-state index < -0.39 is 5.91 Å². The number of hydrogen-bond donors (Lipinski definition) is 2. The van der Waals surface area contributed by atoms with Crippen molar-refractivity contribution in [1.82, 2.24) is 9.88 Å². The number of nitrogens with two attached hydrogens (primary N) is 1. The minimum absolute atomic E-state index is 0.111. The number of aromatic nitrogens is 1. The van der Waals surface area contributed by atoms with Crippen LogP contribution in [0.15, 0.2) is 51.9 Å². The molecule has 1 amide bonds. The Morgan fingerprint density at radius 1 is 1.32 bits per heavy atom. The average Bonchev–Trinajstić information content (AvgIpc) is 3.25. The molecule has 0 aliphatic carbocycles. The molecule has 1 saturated heterocycles. The van der Waals surface area contributed by atoms with Gasteiger partial charge in [-0.2, -0.15) is 0 Å². The zero-order chi connectivity index (χ0) is 17.4. The number of furan rings is 1. The summed E-state index contributed by atoms with van der Waals surface area (Å²) < 4.78 is 5.56. The summed E-state index contributed by atoms with van der Waals surface area (Å²) in [6, 6.07) is 10.6. The van der Waals surface area contributed by atoms with Crippen molar-refractivity contribution in [2.24, 2.45) is 5.73 Å². The molecule has 1 aliphatic heterocycles. The first-order valence-corrected chi connectivity index (χ1v) is 8.35. The van der Waals surface area contributed by atoms with Crippen LogP contribution in [-0.2, 0) is 6.54 Å². The summed E-state index contributed by atoms with van der Waals surface area (Å²) in [7, 11) is 0.